The molecule has 39 heavy (non-hydrogen) atoms. The summed E-state index contributed by atoms with van der Waals surface area (Å²) in [6.07, 6.45) is 1.39. The Bertz CT molecular complexity index is 1710. The van der Waals surface area contributed by atoms with Gasteiger partial charge in [-0.25, -0.2) is 9.87 Å². The van der Waals surface area contributed by atoms with Crippen LogP contribution < -0.4 is 21.1 Å². The Balaban J connectivity index is 1.77. The van der Waals surface area contributed by atoms with Gasteiger partial charge in [0.25, 0.3) is 11.5 Å². The number of hydrogen-bond donors (Lipinski definition) is 2. The van der Waals surface area contributed by atoms with Gasteiger partial charge in [-0.15, -0.1) is 4.28 Å². The highest BCUT2D eigenvalue weighted by Crippen LogP contribution is 2.32. The maximum Gasteiger partial charge on any atom is 0.317 e. The van der Waals surface area contributed by atoms with Crippen LogP contribution >= 0.6 is 22.6 Å². The van der Waals surface area contributed by atoms with E-state index in [1.165, 1.54) is 37.5 Å². The van der Waals surface area contributed by atoms with Crippen molar-refractivity contribution in [3.05, 3.63) is 103 Å². The second-order valence-corrected chi connectivity index (χ2v) is 11.2. The Kier molecular flexibility index (Phi) is 8.32. The van der Waals surface area contributed by atoms with Crippen molar-refractivity contribution in [3.8, 4) is 11.5 Å². The van der Waals surface area contributed by atoms with E-state index in [4.69, 9.17) is 9.02 Å². The van der Waals surface area contributed by atoms with Crippen LogP contribution in [0.25, 0.3) is 0 Å². The highest BCUT2D eigenvalue weighted by Gasteiger charge is 2.26. The highest BCUT2D eigenvalue weighted by atomic mass is 127. The lowest BCUT2D eigenvalue weighted by atomic mass is 10.2. The molecule has 202 valence electrons. The summed E-state index contributed by atoms with van der Waals surface area (Å²) in [5, 5.41) is 2.75. The van der Waals surface area contributed by atoms with E-state index in [2.05, 4.69) is 10.3 Å². The van der Waals surface area contributed by atoms with E-state index in [-0.39, 0.29) is 33.5 Å². The Labute approximate surface area is 237 Å². The van der Waals surface area contributed by atoms with Crippen LogP contribution in [0.3, 0.4) is 0 Å². The molecular formula is C26H22FIN4O6S. The molecule has 0 radical (unpaired) electrons. The fourth-order valence-corrected chi connectivity index (χ4v) is 4.58. The van der Waals surface area contributed by atoms with Crippen LogP contribution in [0.15, 0.2) is 76.6 Å². The fourth-order valence-electron chi connectivity index (χ4n) is 3.38. The van der Waals surface area contributed by atoms with Crippen molar-refractivity contribution in [2.45, 2.75) is 18.7 Å². The summed E-state index contributed by atoms with van der Waals surface area (Å²) in [6.45, 7) is 3.55. The minimum atomic E-state index is -4.39. The Morgan fingerprint density at radius 3 is 2.41 bits per heavy atom. The zero-order valence-electron chi connectivity index (χ0n) is 20.9. The van der Waals surface area contributed by atoms with Crippen LogP contribution in [0.4, 0.5) is 15.9 Å². The van der Waals surface area contributed by atoms with Gasteiger partial charge in [0, 0.05) is 22.4 Å². The fraction of sp³-hybridized carbons (Fsp3) is 0.115. The van der Waals surface area contributed by atoms with Crippen molar-refractivity contribution in [2.24, 2.45) is 7.05 Å². The molecule has 0 saturated carbocycles. The zero-order chi connectivity index (χ0) is 28.3. The molecule has 0 atom stereocenters. The molecule has 1 amide bonds. The standard InChI is InChI=1S/C26H22FIN4O6S/c1-15-4-9-19(10-5-15)39(35,36)38-31-26(34)24-22(37-18-8-6-16(2)29-14-18)13-23(33)32(3)25(24)30-21-11-7-17(28)12-20(21)27/h4-14,30H,1-3H3,(H,31,34). The molecule has 2 heterocycles. The molecule has 0 saturated heterocycles. The van der Waals surface area contributed by atoms with E-state index in [1.807, 2.05) is 28.1 Å². The minimum absolute atomic E-state index is 0.0400. The van der Waals surface area contributed by atoms with Gasteiger partial charge in [0.2, 0.25) is 0 Å². The average Bonchev–Trinajstić information content (AvgIpc) is 2.89. The topological polar surface area (TPSA) is 129 Å². The van der Waals surface area contributed by atoms with Crippen molar-refractivity contribution in [2.75, 3.05) is 5.32 Å². The van der Waals surface area contributed by atoms with E-state index < -0.39 is 27.4 Å². The van der Waals surface area contributed by atoms with Crippen molar-refractivity contribution < 1.29 is 26.6 Å². The molecule has 2 aromatic heterocycles. The number of benzene rings is 2. The van der Waals surface area contributed by atoms with Gasteiger partial charge in [-0.2, -0.15) is 8.42 Å². The van der Waals surface area contributed by atoms with Gasteiger partial charge >= 0.3 is 10.1 Å². The number of ether oxygens (including phenoxy) is 1. The molecule has 0 aliphatic carbocycles. The first-order valence-corrected chi connectivity index (χ1v) is 13.8. The quantitative estimate of drug-likeness (QED) is 0.205. The molecule has 4 rings (SSSR count). The lowest BCUT2D eigenvalue weighted by Crippen LogP contribution is -2.31. The lowest BCUT2D eigenvalue weighted by Gasteiger charge is -2.19. The molecule has 0 aliphatic heterocycles. The molecule has 0 bridgehead atoms. The summed E-state index contributed by atoms with van der Waals surface area (Å²) in [6, 6.07) is 14.4. The second-order valence-electron chi connectivity index (χ2n) is 8.40. The maximum atomic E-state index is 14.7. The number of aryl methyl sites for hydroxylation is 2. The Morgan fingerprint density at radius 2 is 1.77 bits per heavy atom. The van der Waals surface area contributed by atoms with E-state index in [0.717, 1.165) is 16.2 Å². The minimum Gasteiger partial charge on any atom is -0.455 e. The van der Waals surface area contributed by atoms with Gasteiger partial charge in [0.05, 0.1) is 16.8 Å². The number of aromatic nitrogens is 2. The molecule has 2 aromatic carbocycles. The van der Waals surface area contributed by atoms with Crippen LogP contribution in [-0.2, 0) is 21.4 Å². The SMILES string of the molecule is Cc1ccc(S(=O)(=O)ONC(=O)c2c(Oc3ccc(C)nc3)cc(=O)n(C)c2Nc2ccc(I)cc2F)cc1. The van der Waals surface area contributed by atoms with Crippen LogP contribution in [-0.4, -0.2) is 23.9 Å². The monoisotopic (exact) mass is 664 g/mol. The van der Waals surface area contributed by atoms with Crippen molar-refractivity contribution in [1.29, 1.82) is 0 Å². The third kappa shape index (κ3) is 6.61. The number of nitrogens with one attached hydrogen (secondary N) is 2. The summed E-state index contributed by atoms with van der Waals surface area (Å²) in [5.41, 5.74) is 2.48. The van der Waals surface area contributed by atoms with Gasteiger partial charge in [-0.05, 0) is 78.9 Å². The summed E-state index contributed by atoms with van der Waals surface area (Å²) < 4.78 is 52.3. The van der Waals surface area contributed by atoms with Crippen LogP contribution in [0.2, 0.25) is 0 Å². The number of anilines is 2. The Morgan fingerprint density at radius 1 is 1.05 bits per heavy atom. The largest absolute Gasteiger partial charge is 0.455 e. The number of pyridine rings is 2. The predicted molar refractivity (Wildman–Crippen MR) is 150 cm³/mol. The molecule has 0 aliphatic rings. The first-order chi connectivity index (χ1) is 18.4. The molecule has 0 spiro atoms. The molecule has 13 heteroatoms. The number of hydroxylamine groups is 1. The van der Waals surface area contributed by atoms with Crippen molar-refractivity contribution in [3.63, 3.8) is 0 Å². The van der Waals surface area contributed by atoms with Gasteiger partial charge < -0.3 is 10.1 Å². The molecule has 4 aromatic rings. The van der Waals surface area contributed by atoms with Gasteiger partial charge in [-0.3, -0.25) is 19.1 Å². The molecular weight excluding hydrogens is 642 g/mol. The number of hydrogen-bond acceptors (Lipinski definition) is 8. The molecule has 0 fully saturated rings. The van der Waals surface area contributed by atoms with E-state index in [1.54, 1.807) is 44.2 Å². The molecule has 0 unspecified atom stereocenters. The third-order valence-corrected chi connectivity index (χ3v) is 7.30. The van der Waals surface area contributed by atoms with Crippen molar-refractivity contribution in [1.82, 2.24) is 15.0 Å². The number of carbonyl (C=O) groups excluding carboxylic acids is 1. The van der Waals surface area contributed by atoms with E-state index >= 15 is 0 Å². The molecule has 2 N–H and O–H groups in total. The van der Waals surface area contributed by atoms with Gasteiger partial charge in [-0.1, -0.05) is 17.7 Å². The highest BCUT2D eigenvalue weighted by molar-refractivity contribution is 14.1. The summed E-state index contributed by atoms with van der Waals surface area (Å²) in [7, 11) is -3.04. The number of nitrogens with zero attached hydrogens (tertiary/aromatic N) is 2. The summed E-state index contributed by atoms with van der Waals surface area (Å²) >= 11 is 1.94. The predicted octanol–water partition coefficient (Wildman–Crippen LogP) is 4.73. The number of rotatable bonds is 8. The maximum absolute atomic E-state index is 14.7. The normalized spacial score (nSPS) is 11.2. The lowest BCUT2D eigenvalue weighted by molar-refractivity contribution is 0.0768. The van der Waals surface area contributed by atoms with Gasteiger partial charge in [0.1, 0.15) is 28.7 Å². The average molecular weight is 664 g/mol. The second kappa shape index (κ2) is 11.5. The number of carbonyl (C=O) groups is 1. The molecule has 10 nitrogen and oxygen atoms in total. The van der Waals surface area contributed by atoms with E-state index in [0.29, 0.717) is 9.26 Å². The van der Waals surface area contributed by atoms with Crippen LogP contribution in [0, 0.1) is 23.2 Å². The van der Waals surface area contributed by atoms with E-state index in [9.17, 15) is 22.4 Å². The number of halogens is 2. The Hall–Kier alpha value is -3.82. The van der Waals surface area contributed by atoms with Crippen molar-refractivity contribution >= 4 is 50.1 Å². The first kappa shape index (κ1) is 28.2. The van der Waals surface area contributed by atoms with Crippen LogP contribution in [0.1, 0.15) is 21.6 Å². The first-order valence-electron chi connectivity index (χ1n) is 11.3. The van der Waals surface area contributed by atoms with Gasteiger partial charge in [0.15, 0.2) is 0 Å². The third-order valence-electron chi connectivity index (χ3n) is 5.48. The number of amides is 1. The smallest absolute Gasteiger partial charge is 0.317 e. The zero-order valence-corrected chi connectivity index (χ0v) is 23.8. The summed E-state index contributed by atoms with van der Waals surface area (Å²) in [5.74, 6) is -1.95. The van der Waals surface area contributed by atoms with Crippen LogP contribution in [0.5, 0.6) is 11.5 Å². The summed E-state index contributed by atoms with van der Waals surface area (Å²) in [4.78, 5) is 30.2.